The van der Waals surface area contributed by atoms with Gasteiger partial charge in [0.25, 0.3) is 10.2 Å². The summed E-state index contributed by atoms with van der Waals surface area (Å²) in [6, 6.07) is 0. The highest BCUT2D eigenvalue weighted by atomic mass is 17.4. The summed E-state index contributed by atoms with van der Waals surface area (Å²) < 4.78 is 0. The van der Waals surface area contributed by atoms with E-state index < -0.39 is 45.0 Å². The first-order valence-corrected chi connectivity index (χ1v) is 4.99. The fourth-order valence-corrected chi connectivity index (χ4v) is 0.513. The molecule has 0 radical (unpaired) electrons. The lowest BCUT2D eigenvalue weighted by molar-refractivity contribution is -0.891. The van der Waals surface area contributed by atoms with Crippen molar-refractivity contribution < 1.29 is 60.1 Å². The van der Waals surface area contributed by atoms with E-state index in [1.54, 1.807) is 5.32 Å². The van der Waals surface area contributed by atoms with Crippen molar-refractivity contribution in [3.63, 3.8) is 0 Å². The van der Waals surface area contributed by atoms with Gasteiger partial charge in [-0.15, -0.1) is 50.4 Å². The van der Waals surface area contributed by atoms with Crippen molar-refractivity contribution in [1.82, 2.24) is 5.32 Å². The molecule has 22 heteroatoms. The Morgan fingerprint density at radius 1 is 0.923 bits per heavy atom. The van der Waals surface area contributed by atoms with Crippen LogP contribution in [0.2, 0.25) is 0 Å². The van der Waals surface area contributed by atoms with Crippen LogP contribution in [0.5, 0.6) is 0 Å². The molecule has 0 aliphatic heterocycles. The van der Waals surface area contributed by atoms with E-state index in [1.807, 2.05) is 0 Å². The van der Waals surface area contributed by atoms with Crippen molar-refractivity contribution in [1.29, 1.82) is 0 Å². The Balaban J connectivity index is -0.000000551. The van der Waals surface area contributed by atoms with E-state index in [4.69, 9.17) is 30.6 Å². The summed E-state index contributed by atoms with van der Waals surface area (Å²) in [6.07, 6.45) is -1.89. The summed E-state index contributed by atoms with van der Waals surface area (Å²) in [4.78, 5) is 71.6. The van der Waals surface area contributed by atoms with E-state index >= 15 is 0 Å². The number of nitrogens with zero attached hydrogens (tertiary/aromatic N) is 4. The number of nitrogens with two attached hydrogens (primary N) is 1. The fourth-order valence-electron chi connectivity index (χ4n) is 0.513. The lowest BCUT2D eigenvalue weighted by atomic mass is 10.5. The highest BCUT2D eigenvalue weighted by Crippen LogP contribution is 1.96. The molecule has 0 saturated heterocycles. The summed E-state index contributed by atoms with van der Waals surface area (Å²) in [6.45, 7) is -0.747. The first-order chi connectivity index (χ1) is 11.8. The molecule has 22 nitrogen and oxygen atoms in total. The Hall–Kier alpha value is -4.34. The number of amides is 2. The second kappa shape index (κ2) is 15.6. The highest BCUT2D eigenvalue weighted by molar-refractivity contribution is 6.34. The Kier molecular flexibility index (Phi) is 15.9. The number of nitrogens with one attached hydrogen (secondary N) is 1. The minimum absolute atomic E-state index is 0.747. The number of rotatable bonds is 8. The zero-order valence-corrected chi connectivity index (χ0v) is 11.8. The number of primary amides is 1. The number of hydrogen-bond donors (Lipinski definition) is 4. The third-order valence-corrected chi connectivity index (χ3v) is 1.08. The van der Waals surface area contributed by atoms with Gasteiger partial charge >= 0.3 is 22.0 Å². The minimum Gasteiger partial charge on any atom is -0.361 e. The van der Waals surface area contributed by atoms with Crippen LogP contribution in [-0.4, -0.2) is 55.4 Å². The predicted molar refractivity (Wildman–Crippen MR) is 61.9 cm³/mol. The Bertz CT molecular complexity index is 467. The van der Waals surface area contributed by atoms with E-state index in [9.17, 15) is 29.8 Å². The smallest absolute Gasteiger partial charge is 0.322 e. The molecule has 0 aliphatic carbocycles. The quantitative estimate of drug-likeness (QED) is 0.101. The lowest BCUT2D eigenvalue weighted by Gasteiger charge is -2.12. The maximum absolute atomic E-state index is 10.7. The van der Waals surface area contributed by atoms with Gasteiger partial charge in [-0.1, -0.05) is 0 Å². The highest BCUT2D eigenvalue weighted by Gasteiger charge is 2.18. The summed E-state index contributed by atoms with van der Waals surface area (Å²) in [5, 5.41) is 45.7. The van der Waals surface area contributed by atoms with Gasteiger partial charge in [0.15, 0.2) is 0 Å². The minimum atomic E-state index is -1.89. The van der Waals surface area contributed by atoms with Crippen molar-refractivity contribution in [2.75, 3.05) is 6.54 Å². The second-order valence-corrected chi connectivity index (χ2v) is 2.77. The first-order valence-electron chi connectivity index (χ1n) is 4.99. The molecular formula is C4H8N6O16. The zero-order chi connectivity index (χ0) is 21.3. The van der Waals surface area contributed by atoms with Crippen LogP contribution in [0, 0.1) is 40.5 Å². The molecule has 0 aromatic carbocycles. The molecule has 150 valence electrons. The van der Waals surface area contributed by atoms with Crippen molar-refractivity contribution in [2.24, 2.45) is 5.73 Å². The van der Waals surface area contributed by atoms with E-state index in [-0.39, 0.29) is 0 Å². The average molecular weight is 396 g/mol. The maximum Gasteiger partial charge on any atom is 0.322 e. The van der Waals surface area contributed by atoms with E-state index in [1.165, 1.54) is 0 Å². The van der Waals surface area contributed by atoms with Crippen LogP contribution in [-0.2, 0) is 29.3 Å². The standard InChI is InChI=1S/C4H6N4O10.2HNO3/c5-3(9)4(10)6-1-2(15-17-7(11)12)16-18-8(13)14;2*2-1(3)4/h2H,1H2,(H2,5,9)(H,6,10);2*(H,2,3,4). The molecule has 5 N–H and O–H groups in total. The topological polar surface area (TPSA) is 322 Å². The van der Waals surface area contributed by atoms with Gasteiger partial charge < -0.3 is 21.5 Å². The molecule has 26 heavy (non-hydrogen) atoms. The third-order valence-electron chi connectivity index (χ3n) is 1.08. The van der Waals surface area contributed by atoms with Gasteiger partial charge in [-0.3, -0.25) is 9.59 Å². The molecule has 0 unspecified atom stereocenters. The Morgan fingerprint density at radius 2 is 1.23 bits per heavy atom. The number of carbonyl (C=O) groups excluding carboxylic acids is 2. The molecule has 0 atom stereocenters. The summed E-state index contributed by atoms with van der Waals surface area (Å²) >= 11 is 0. The molecular weight excluding hydrogens is 388 g/mol. The van der Waals surface area contributed by atoms with Gasteiger partial charge in [-0.05, 0) is 0 Å². The largest absolute Gasteiger partial charge is 0.361 e. The van der Waals surface area contributed by atoms with Crippen molar-refractivity contribution in [3.8, 4) is 0 Å². The number of carbonyl (C=O) groups is 2. The SMILES string of the molecule is NC(=O)C(=O)NCC(OO[N+](=O)[O-])OO[N+](=O)[O-].O=[N+]([O-])O.O=[N+]([O-])O. The van der Waals surface area contributed by atoms with Gasteiger partial charge in [-0.2, -0.15) is 9.78 Å². The molecule has 0 aromatic heterocycles. The molecule has 2 amide bonds. The van der Waals surface area contributed by atoms with Gasteiger partial charge in [0.1, 0.15) is 0 Å². The van der Waals surface area contributed by atoms with Gasteiger partial charge in [-0.25, -0.2) is 0 Å². The normalized spacial score (nSPS) is 8.50. The average Bonchev–Trinajstić information content (AvgIpc) is 2.44. The molecule has 0 spiro atoms. The van der Waals surface area contributed by atoms with Crippen molar-refractivity contribution in [2.45, 2.75) is 6.29 Å². The van der Waals surface area contributed by atoms with E-state index in [2.05, 4.69) is 25.5 Å². The fraction of sp³-hybridized carbons (Fsp3) is 0.500. The summed E-state index contributed by atoms with van der Waals surface area (Å²) in [7, 11) is 0. The van der Waals surface area contributed by atoms with Crippen molar-refractivity contribution >= 4 is 11.8 Å². The molecule has 0 heterocycles. The van der Waals surface area contributed by atoms with E-state index in [0.717, 1.165) is 0 Å². The molecule has 0 rings (SSSR count). The molecule has 0 aliphatic rings. The molecule has 0 saturated carbocycles. The van der Waals surface area contributed by atoms with Crippen LogP contribution in [0.4, 0.5) is 0 Å². The van der Waals surface area contributed by atoms with Crippen LogP contribution in [0.25, 0.3) is 0 Å². The first kappa shape index (κ1) is 26.6. The Labute approximate surface area is 137 Å². The second-order valence-electron chi connectivity index (χ2n) is 2.77. The molecule has 0 bridgehead atoms. The van der Waals surface area contributed by atoms with Crippen LogP contribution < -0.4 is 11.1 Å². The predicted octanol–water partition coefficient (Wildman–Crippen LogP) is -3.50. The van der Waals surface area contributed by atoms with Crippen LogP contribution in [0.3, 0.4) is 0 Å². The van der Waals surface area contributed by atoms with Crippen LogP contribution in [0.1, 0.15) is 0 Å². The van der Waals surface area contributed by atoms with Gasteiger partial charge in [0.05, 0.1) is 6.54 Å². The molecule has 0 fully saturated rings. The van der Waals surface area contributed by atoms with Crippen LogP contribution >= 0.6 is 0 Å². The van der Waals surface area contributed by atoms with Crippen molar-refractivity contribution in [3.05, 3.63) is 40.5 Å². The van der Waals surface area contributed by atoms with E-state index in [0.29, 0.717) is 0 Å². The van der Waals surface area contributed by atoms with Gasteiger partial charge in [0.2, 0.25) is 6.29 Å². The summed E-state index contributed by atoms with van der Waals surface area (Å²) in [5.41, 5.74) is 4.55. The summed E-state index contributed by atoms with van der Waals surface area (Å²) in [5.74, 6) is -2.64. The third kappa shape index (κ3) is 31.9. The molecule has 0 aromatic rings. The number of hydrogen-bond acceptors (Lipinski definition) is 14. The van der Waals surface area contributed by atoms with Crippen LogP contribution in [0.15, 0.2) is 0 Å². The Morgan fingerprint density at radius 3 is 1.46 bits per heavy atom. The maximum atomic E-state index is 10.7. The zero-order valence-electron chi connectivity index (χ0n) is 11.8. The van der Waals surface area contributed by atoms with Gasteiger partial charge in [0, 0.05) is 0 Å². The monoisotopic (exact) mass is 396 g/mol. The lowest BCUT2D eigenvalue weighted by Crippen LogP contribution is -2.42.